The molecule has 7 nitrogen and oxygen atoms in total. The second kappa shape index (κ2) is 6.42. The molecule has 3 rings (SSSR count). The third-order valence-electron chi connectivity index (χ3n) is 3.58. The Bertz CT molecular complexity index is 1030. The Hall–Kier alpha value is -2.71. The van der Waals surface area contributed by atoms with Crippen molar-refractivity contribution in [2.45, 2.75) is 11.4 Å². The SMILES string of the molecule is CNS(=O)(=O)c1ccc(CNc2nc3ccccc3c(=O)[nH]2)cc1. The van der Waals surface area contributed by atoms with E-state index in [1.807, 2.05) is 6.07 Å². The second-order valence-corrected chi connectivity index (χ2v) is 7.02. The zero-order valence-electron chi connectivity index (χ0n) is 12.9. The number of benzene rings is 2. The van der Waals surface area contributed by atoms with Crippen LogP contribution in [0.2, 0.25) is 0 Å². The summed E-state index contributed by atoms with van der Waals surface area (Å²) >= 11 is 0. The van der Waals surface area contributed by atoms with E-state index in [0.29, 0.717) is 23.4 Å². The van der Waals surface area contributed by atoms with Gasteiger partial charge in [0.1, 0.15) is 0 Å². The van der Waals surface area contributed by atoms with Crippen LogP contribution < -0.4 is 15.6 Å². The number of nitrogens with zero attached hydrogens (tertiary/aromatic N) is 1. The minimum absolute atomic E-state index is 0.200. The van der Waals surface area contributed by atoms with Gasteiger partial charge < -0.3 is 5.32 Å². The van der Waals surface area contributed by atoms with E-state index >= 15 is 0 Å². The lowest BCUT2D eigenvalue weighted by atomic mass is 10.2. The molecule has 0 aliphatic rings. The molecule has 0 radical (unpaired) electrons. The van der Waals surface area contributed by atoms with Gasteiger partial charge in [-0.15, -0.1) is 0 Å². The van der Waals surface area contributed by atoms with E-state index in [-0.39, 0.29) is 10.5 Å². The van der Waals surface area contributed by atoms with Crippen LogP contribution in [0.25, 0.3) is 10.9 Å². The van der Waals surface area contributed by atoms with Crippen molar-refractivity contribution in [1.82, 2.24) is 14.7 Å². The molecule has 1 aromatic heterocycles. The number of para-hydroxylation sites is 1. The van der Waals surface area contributed by atoms with Crippen molar-refractivity contribution >= 4 is 26.9 Å². The Morgan fingerprint density at radius 1 is 1.08 bits per heavy atom. The van der Waals surface area contributed by atoms with Crippen LogP contribution in [0.3, 0.4) is 0 Å². The van der Waals surface area contributed by atoms with Crippen molar-refractivity contribution in [3.63, 3.8) is 0 Å². The summed E-state index contributed by atoms with van der Waals surface area (Å²) in [5, 5.41) is 3.57. The fraction of sp³-hybridized carbons (Fsp3) is 0.125. The monoisotopic (exact) mass is 344 g/mol. The van der Waals surface area contributed by atoms with Gasteiger partial charge in [0.05, 0.1) is 15.8 Å². The van der Waals surface area contributed by atoms with Gasteiger partial charge in [0.15, 0.2) is 0 Å². The highest BCUT2D eigenvalue weighted by Gasteiger charge is 2.10. The van der Waals surface area contributed by atoms with Crippen LogP contribution in [0, 0.1) is 0 Å². The molecule has 3 N–H and O–H groups in total. The Balaban J connectivity index is 1.78. The Morgan fingerprint density at radius 3 is 2.50 bits per heavy atom. The van der Waals surface area contributed by atoms with Gasteiger partial charge in [-0.25, -0.2) is 18.1 Å². The number of sulfonamides is 1. The van der Waals surface area contributed by atoms with E-state index in [1.54, 1.807) is 30.3 Å². The smallest absolute Gasteiger partial charge is 0.260 e. The molecule has 0 unspecified atom stereocenters. The average Bonchev–Trinajstić information content (AvgIpc) is 2.60. The number of nitrogens with one attached hydrogen (secondary N) is 3. The van der Waals surface area contributed by atoms with Crippen LogP contribution in [-0.2, 0) is 16.6 Å². The van der Waals surface area contributed by atoms with Crippen molar-refractivity contribution in [2.75, 3.05) is 12.4 Å². The third kappa shape index (κ3) is 3.29. The Labute approximate surface area is 138 Å². The van der Waals surface area contributed by atoms with Crippen molar-refractivity contribution in [3.8, 4) is 0 Å². The largest absolute Gasteiger partial charge is 0.352 e. The van der Waals surface area contributed by atoms with Crippen molar-refractivity contribution < 1.29 is 8.42 Å². The highest BCUT2D eigenvalue weighted by molar-refractivity contribution is 7.89. The van der Waals surface area contributed by atoms with Crippen LogP contribution >= 0.6 is 0 Å². The van der Waals surface area contributed by atoms with Crippen molar-refractivity contribution in [1.29, 1.82) is 0 Å². The van der Waals surface area contributed by atoms with E-state index in [9.17, 15) is 13.2 Å². The van der Waals surface area contributed by atoms with Gasteiger partial charge in [0.2, 0.25) is 16.0 Å². The van der Waals surface area contributed by atoms with Crippen LogP contribution in [0.5, 0.6) is 0 Å². The molecule has 0 bridgehead atoms. The van der Waals surface area contributed by atoms with E-state index in [2.05, 4.69) is 20.0 Å². The molecule has 0 amide bonds. The number of anilines is 1. The Morgan fingerprint density at radius 2 is 1.79 bits per heavy atom. The van der Waals surface area contributed by atoms with E-state index in [4.69, 9.17) is 0 Å². The maximum atomic E-state index is 12.0. The molecular formula is C16H16N4O3S. The summed E-state index contributed by atoms with van der Waals surface area (Å²) in [6.45, 7) is 0.404. The van der Waals surface area contributed by atoms with E-state index < -0.39 is 10.0 Å². The maximum Gasteiger partial charge on any atom is 0.260 e. The highest BCUT2D eigenvalue weighted by Crippen LogP contribution is 2.12. The summed E-state index contributed by atoms with van der Waals surface area (Å²) in [6, 6.07) is 13.6. The molecule has 0 atom stereocenters. The first kappa shape index (κ1) is 16.2. The first-order valence-corrected chi connectivity index (χ1v) is 8.73. The molecule has 124 valence electrons. The topological polar surface area (TPSA) is 104 Å². The highest BCUT2D eigenvalue weighted by atomic mass is 32.2. The van der Waals surface area contributed by atoms with Crippen LogP contribution in [0.15, 0.2) is 58.2 Å². The summed E-state index contributed by atoms with van der Waals surface area (Å²) < 4.78 is 25.6. The Kier molecular flexibility index (Phi) is 4.32. The number of hydrogen-bond donors (Lipinski definition) is 3. The van der Waals surface area contributed by atoms with Crippen LogP contribution in [-0.4, -0.2) is 25.4 Å². The average molecular weight is 344 g/mol. The zero-order valence-corrected chi connectivity index (χ0v) is 13.7. The summed E-state index contributed by atoms with van der Waals surface area (Å²) in [6.07, 6.45) is 0. The van der Waals surface area contributed by atoms with Gasteiger partial charge in [-0.3, -0.25) is 9.78 Å². The zero-order chi connectivity index (χ0) is 17.2. The van der Waals surface area contributed by atoms with E-state index in [0.717, 1.165) is 5.56 Å². The number of aromatic nitrogens is 2. The van der Waals surface area contributed by atoms with Gasteiger partial charge in [-0.1, -0.05) is 24.3 Å². The van der Waals surface area contributed by atoms with Crippen LogP contribution in [0.4, 0.5) is 5.95 Å². The number of fused-ring (bicyclic) bond motifs is 1. The fourth-order valence-corrected chi connectivity index (χ4v) is 2.99. The number of hydrogen-bond acceptors (Lipinski definition) is 5. The molecule has 24 heavy (non-hydrogen) atoms. The van der Waals surface area contributed by atoms with Gasteiger partial charge >= 0.3 is 0 Å². The van der Waals surface area contributed by atoms with Gasteiger partial charge in [0, 0.05) is 6.54 Å². The summed E-state index contributed by atoms with van der Waals surface area (Å²) in [5.41, 5.74) is 1.26. The lowest BCUT2D eigenvalue weighted by Gasteiger charge is -2.08. The second-order valence-electron chi connectivity index (χ2n) is 5.14. The number of H-pyrrole nitrogens is 1. The predicted octanol–water partition coefficient (Wildman–Crippen LogP) is 1.44. The molecule has 1 heterocycles. The minimum Gasteiger partial charge on any atom is -0.352 e. The first-order chi connectivity index (χ1) is 11.5. The normalized spacial score (nSPS) is 11.5. The lowest BCUT2D eigenvalue weighted by molar-refractivity contribution is 0.588. The van der Waals surface area contributed by atoms with Gasteiger partial charge in [0.25, 0.3) is 5.56 Å². The van der Waals surface area contributed by atoms with Crippen molar-refractivity contribution in [3.05, 3.63) is 64.4 Å². The summed E-state index contributed by atoms with van der Waals surface area (Å²) in [4.78, 5) is 19.2. The minimum atomic E-state index is -3.44. The summed E-state index contributed by atoms with van der Waals surface area (Å²) in [7, 11) is -2.07. The van der Waals surface area contributed by atoms with Gasteiger partial charge in [-0.05, 0) is 36.9 Å². The standard InChI is InChI=1S/C16H16N4O3S/c1-17-24(22,23)12-8-6-11(7-9-12)10-18-16-19-14-5-3-2-4-13(14)15(21)20-16/h2-9,17H,10H2,1H3,(H2,18,19,20,21). The van der Waals surface area contributed by atoms with Gasteiger partial charge in [-0.2, -0.15) is 0 Å². The molecule has 0 spiro atoms. The van der Waals surface area contributed by atoms with Crippen LogP contribution in [0.1, 0.15) is 5.56 Å². The fourth-order valence-electron chi connectivity index (χ4n) is 2.26. The third-order valence-corrected chi connectivity index (χ3v) is 5.01. The lowest BCUT2D eigenvalue weighted by Crippen LogP contribution is -2.18. The molecule has 0 aliphatic heterocycles. The molecule has 0 saturated heterocycles. The molecule has 0 aliphatic carbocycles. The molecule has 8 heteroatoms. The van der Waals surface area contributed by atoms with E-state index in [1.165, 1.54) is 19.2 Å². The first-order valence-electron chi connectivity index (χ1n) is 7.25. The molecule has 0 saturated carbocycles. The maximum absolute atomic E-state index is 12.0. The number of rotatable bonds is 5. The number of aromatic amines is 1. The predicted molar refractivity (Wildman–Crippen MR) is 92.4 cm³/mol. The summed E-state index contributed by atoms with van der Waals surface area (Å²) in [5.74, 6) is 0.366. The molecule has 3 aromatic rings. The van der Waals surface area contributed by atoms with Crippen molar-refractivity contribution in [2.24, 2.45) is 0 Å². The quantitative estimate of drug-likeness (QED) is 0.650. The molecule has 2 aromatic carbocycles. The molecular weight excluding hydrogens is 328 g/mol. The molecule has 0 fully saturated rings.